The van der Waals surface area contributed by atoms with Gasteiger partial charge in [-0.3, -0.25) is 0 Å². The zero-order valence-electron chi connectivity index (χ0n) is 11.0. The van der Waals surface area contributed by atoms with Crippen molar-refractivity contribution in [2.45, 2.75) is 39.8 Å². The van der Waals surface area contributed by atoms with Crippen molar-refractivity contribution < 1.29 is 0 Å². The lowest BCUT2D eigenvalue weighted by atomic mass is 10.3. The molecule has 3 nitrogen and oxygen atoms in total. The number of nitrogens with zero attached hydrogens (tertiary/aromatic N) is 2. The molecule has 0 saturated carbocycles. The summed E-state index contributed by atoms with van der Waals surface area (Å²) in [5.41, 5.74) is 2.31. The van der Waals surface area contributed by atoms with Gasteiger partial charge in [0.05, 0.1) is 17.6 Å². The van der Waals surface area contributed by atoms with Crippen LogP contribution in [0.2, 0.25) is 0 Å². The van der Waals surface area contributed by atoms with Gasteiger partial charge in [0.2, 0.25) is 0 Å². The lowest BCUT2D eigenvalue weighted by molar-refractivity contribution is 0.595. The van der Waals surface area contributed by atoms with Gasteiger partial charge < -0.3 is 9.88 Å². The maximum Gasteiger partial charge on any atom is 0.123 e. The first kappa shape index (κ1) is 13.6. The van der Waals surface area contributed by atoms with Crippen molar-refractivity contribution in [3.05, 3.63) is 28.5 Å². The Morgan fingerprint density at radius 2 is 2.11 bits per heavy atom. The van der Waals surface area contributed by atoms with Crippen molar-refractivity contribution in [1.82, 2.24) is 14.9 Å². The van der Waals surface area contributed by atoms with Gasteiger partial charge in [0.25, 0.3) is 0 Å². The fourth-order valence-corrected chi connectivity index (χ4v) is 2.49. The standard InChI is InChI=1S/C14H20BrN3/c1-3-7-16-10-14-17-12-9-11(15)5-6-13(12)18(14)8-4-2/h5-6,9,16H,3-4,7-8,10H2,1-2H3. The second-order valence-electron chi connectivity index (χ2n) is 4.49. The summed E-state index contributed by atoms with van der Waals surface area (Å²) >= 11 is 3.50. The molecule has 1 aromatic carbocycles. The predicted octanol–water partition coefficient (Wildman–Crippen LogP) is 3.71. The first-order chi connectivity index (χ1) is 8.76. The Labute approximate surface area is 117 Å². The molecule has 0 unspecified atom stereocenters. The van der Waals surface area contributed by atoms with E-state index in [1.807, 2.05) is 0 Å². The van der Waals surface area contributed by atoms with Gasteiger partial charge in [-0.2, -0.15) is 0 Å². The number of fused-ring (bicyclic) bond motifs is 1. The second kappa shape index (κ2) is 6.34. The van der Waals surface area contributed by atoms with Gasteiger partial charge in [-0.1, -0.05) is 29.8 Å². The van der Waals surface area contributed by atoms with E-state index in [1.165, 1.54) is 5.52 Å². The van der Waals surface area contributed by atoms with Crippen molar-refractivity contribution in [2.24, 2.45) is 0 Å². The van der Waals surface area contributed by atoms with Crippen molar-refractivity contribution in [2.75, 3.05) is 6.54 Å². The molecule has 2 aromatic rings. The van der Waals surface area contributed by atoms with Crippen LogP contribution in [0.25, 0.3) is 11.0 Å². The number of hydrogen-bond acceptors (Lipinski definition) is 2. The largest absolute Gasteiger partial charge is 0.327 e. The average molecular weight is 310 g/mol. The molecule has 0 fully saturated rings. The molecule has 1 heterocycles. The zero-order chi connectivity index (χ0) is 13.0. The minimum atomic E-state index is 0.847. The average Bonchev–Trinajstić information content (AvgIpc) is 2.68. The van der Waals surface area contributed by atoms with Crippen LogP contribution in [-0.4, -0.2) is 16.1 Å². The van der Waals surface area contributed by atoms with Gasteiger partial charge in [0.1, 0.15) is 5.82 Å². The maximum atomic E-state index is 4.73. The molecule has 18 heavy (non-hydrogen) atoms. The third-order valence-electron chi connectivity index (χ3n) is 2.95. The molecule has 0 spiro atoms. The van der Waals surface area contributed by atoms with E-state index in [9.17, 15) is 0 Å². The molecule has 0 bridgehead atoms. The monoisotopic (exact) mass is 309 g/mol. The minimum Gasteiger partial charge on any atom is -0.327 e. The highest BCUT2D eigenvalue weighted by Gasteiger charge is 2.09. The van der Waals surface area contributed by atoms with Gasteiger partial charge in [-0.15, -0.1) is 0 Å². The van der Waals surface area contributed by atoms with Crippen molar-refractivity contribution in [3.63, 3.8) is 0 Å². The van der Waals surface area contributed by atoms with Crippen LogP contribution in [0, 0.1) is 0 Å². The Morgan fingerprint density at radius 3 is 2.83 bits per heavy atom. The number of hydrogen-bond donors (Lipinski definition) is 1. The molecule has 4 heteroatoms. The second-order valence-corrected chi connectivity index (χ2v) is 5.41. The molecule has 0 radical (unpaired) electrons. The van der Waals surface area contributed by atoms with E-state index in [0.29, 0.717) is 0 Å². The highest BCUT2D eigenvalue weighted by atomic mass is 79.9. The number of aromatic nitrogens is 2. The number of benzene rings is 1. The fourth-order valence-electron chi connectivity index (χ4n) is 2.14. The van der Waals surface area contributed by atoms with Crippen LogP contribution in [0.1, 0.15) is 32.5 Å². The van der Waals surface area contributed by atoms with Crippen LogP contribution in [0.3, 0.4) is 0 Å². The summed E-state index contributed by atoms with van der Waals surface area (Å²) in [5, 5.41) is 3.43. The quantitative estimate of drug-likeness (QED) is 0.824. The fraction of sp³-hybridized carbons (Fsp3) is 0.500. The molecular formula is C14H20BrN3. The van der Waals surface area contributed by atoms with Crippen LogP contribution in [0.15, 0.2) is 22.7 Å². The summed E-state index contributed by atoms with van der Waals surface area (Å²) in [7, 11) is 0. The molecule has 0 aliphatic carbocycles. The molecule has 0 saturated heterocycles. The summed E-state index contributed by atoms with van der Waals surface area (Å²) in [6.07, 6.45) is 2.28. The Bertz CT molecular complexity index is 519. The van der Waals surface area contributed by atoms with E-state index in [0.717, 1.165) is 48.3 Å². The Morgan fingerprint density at radius 1 is 1.28 bits per heavy atom. The molecule has 1 aromatic heterocycles. The van der Waals surface area contributed by atoms with Crippen LogP contribution in [-0.2, 0) is 13.1 Å². The smallest absolute Gasteiger partial charge is 0.123 e. The SMILES string of the molecule is CCCNCc1nc2cc(Br)ccc2n1CCC. The van der Waals surface area contributed by atoms with Gasteiger partial charge in [-0.05, 0) is 37.6 Å². The maximum absolute atomic E-state index is 4.73. The van der Waals surface area contributed by atoms with E-state index in [-0.39, 0.29) is 0 Å². The van der Waals surface area contributed by atoms with Gasteiger partial charge in [0.15, 0.2) is 0 Å². The van der Waals surface area contributed by atoms with Gasteiger partial charge in [0, 0.05) is 11.0 Å². The van der Waals surface area contributed by atoms with Crippen LogP contribution < -0.4 is 5.32 Å². The van der Waals surface area contributed by atoms with E-state index >= 15 is 0 Å². The third kappa shape index (κ3) is 2.93. The molecule has 0 atom stereocenters. The van der Waals surface area contributed by atoms with Crippen LogP contribution in [0.5, 0.6) is 0 Å². The molecule has 98 valence electrons. The first-order valence-corrected chi connectivity index (χ1v) is 7.41. The molecular weight excluding hydrogens is 290 g/mol. The number of imidazole rings is 1. The van der Waals surface area contributed by atoms with Gasteiger partial charge in [-0.25, -0.2) is 4.98 Å². The summed E-state index contributed by atoms with van der Waals surface area (Å²) in [4.78, 5) is 4.73. The molecule has 2 rings (SSSR count). The molecule has 1 N–H and O–H groups in total. The molecule has 0 amide bonds. The summed E-state index contributed by atoms with van der Waals surface area (Å²) in [6, 6.07) is 6.32. The number of rotatable bonds is 6. The van der Waals surface area contributed by atoms with Crippen LogP contribution >= 0.6 is 15.9 Å². The van der Waals surface area contributed by atoms with E-state index in [2.05, 4.69) is 57.9 Å². The van der Waals surface area contributed by atoms with E-state index < -0.39 is 0 Å². The van der Waals surface area contributed by atoms with E-state index in [4.69, 9.17) is 4.98 Å². The first-order valence-electron chi connectivity index (χ1n) is 6.61. The van der Waals surface area contributed by atoms with Crippen molar-refractivity contribution in [1.29, 1.82) is 0 Å². The third-order valence-corrected chi connectivity index (χ3v) is 3.44. The van der Waals surface area contributed by atoms with Gasteiger partial charge >= 0.3 is 0 Å². The van der Waals surface area contributed by atoms with E-state index in [1.54, 1.807) is 0 Å². The van der Waals surface area contributed by atoms with Crippen molar-refractivity contribution >= 4 is 27.0 Å². The summed E-state index contributed by atoms with van der Waals surface area (Å²) < 4.78 is 3.41. The normalized spacial score (nSPS) is 11.3. The predicted molar refractivity (Wildman–Crippen MR) is 79.7 cm³/mol. The number of nitrogens with one attached hydrogen (secondary N) is 1. The lowest BCUT2D eigenvalue weighted by Gasteiger charge is -2.08. The Balaban J connectivity index is 2.34. The molecule has 0 aliphatic rings. The summed E-state index contributed by atoms with van der Waals surface area (Å²) in [6.45, 7) is 7.30. The highest BCUT2D eigenvalue weighted by Crippen LogP contribution is 2.21. The zero-order valence-corrected chi connectivity index (χ0v) is 12.6. The Kier molecular flexibility index (Phi) is 4.78. The topological polar surface area (TPSA) is 29.9 Å². The van der Waals surface area contributed by atoms with Crippen LogP contribution in [0.4, 0.5) is 0 Å². The Hall–Kier alpha value is -0.870. The number of halogens is 1. The number of aryl methyl sites for hydroxylation is 1. The molecule has 0 aliphatic heterocycles. The highest BCUT2D eigenvalue weighted by molar-refractivity contribution is 9.10. The van der Waals surface area contributed by atoms with Crippen molar-refractivity contribution in [3.8, 4) is 0 Å². The minimum absolute atomic E-state index is 0.847. The summed E-state index contributed by atoms with van der Waals surface area (Å²) in [5.74, 6) is 1.14. The lowest BCUT2D eigenvalue weighted by Crippen LogP contribution is -2.17.